The highest BCUT2D eigenvalue weighted by atomic mass is 15.0. The molecule has 0 bridgehead atoms. The molecule has 0 saturated heterocycles. The van der Waals surface area contributed by atoms with Crippen LogP contribution in [0.5, 0.6) is 0 Å². The Morgan fingerprint density at radius 3 is 2.81 bits per heavy atom. The normalized spacial score (nSPS) is 17.6. The van der Waals surface area contributed by atoms with Crippen LogP contribution in [0.3, 0.4) is 0 Å². The van der Waals surface area contributed by atoms with E-state index in [0.29, 0.717) is 5.41 Å². The van der Waals surface area contributed by atoms with Gasteiger partial charge in [-0.05, 0) is 31.2 Å². The number of hydrogen-bond acceptors (Lipinski definition) is 3. The van der Waals surface area contributed by atoms with E-state index >= 15 is 0 Å². The fourth-order valence-corrected chi connectivity index (χ4v) is 2.09. The molecule has 2 rings (SSSR count). The highest BCUT2D eigenvalue weighted by molar-refractivity contribution is 5.51. The number of hydrogen-bond donors (Lipinski definition) is 2. The van der Waals surface area contributed by atoms with Gasteiger partial charge in [-0.1, -0.05) is 13.3 Å². The van der Waals surface area contributed by atoms with Crippen LogP contribution in [0.4, 0.5) is 11.5 Å². The van der Waals surface area contributed by atoms with Crippen LogP contribution in [0, 0.1) is 5.41 Å². The molecular formula is C13H21N3. The summed E-state index contributed by atoms with van der Waals surface area (Å²) in [6, 6.07) is 4.11. The van der Waals surface area contributed by atoms with E-state index in [2.05, 4.69) is 35.5 Å². The average molecular weight is 219 g/mol. The van der Waals surface area contributed by atoms with Crippen LogP contribution in [0.2, 0.25) is 0 Å². The van der Waals surface area contributed by atoms with Crippen molar-refractivity contribution < 1.29 is 0 Å². The lowest BCUT2D eigenvalue weighted by Gasteiger charge is -2.38. The maximum atomic E-state index is 4.26. The number of pyridine rings is 1. The lowest BCUT2D eigenvalue weighted by Crippen LogP contribution is -2.33. The van der Waals surface area contributed by atoms with E-state index in [-0.39, 0.29) is 0 Å². The number of aromatic nitrogens is 1. The number of anilines is 2. The summed E-state index contributed by atoms with van der Waals surface area (Å²) < 4.78 is 0. The third kappa shape index (κ3) is 2.65. The predicted octanol–water partition coefficient (Wildman–Crippen LogP) is 3.12. The maximum absolute atomic E-state index is 4.26. The smallest absolute Gasteiger partial charge is 0.127 e. The standard InChI is InChI=1S/C13H21N3/c1-3-14-12-9-11(5-8-15-12)16-10-13(2)6-4-7-13/h5,8-9H,3-4,6-7,10H2,1-2H3,(H2,14,15,16). The summed E-state index contributed by atoms with van der Waals surface area (Å²) >= 11 is 0. The lowest BCUT2D eigenvalue weighted by atomic mass is 9.70. The van der Waals surface area contributed by atoms with Gasteiger partial charge in [0.1, 0.15) is 5.82 Å². The fraction of sp³-hybridized carbons (Fsp3) is 0.615. The van der Waals surface area contributed by atoms with E-state index in [1.165, 1.54) is 24.9 Å². The molecule has 0 atom stereocenters. The third-order valence-electron chi connectivity index (χ3n) is 3.40. The van der Waals surface area contributed by atoms with Crippen LogP contribution in [0.1, 0.15) is 33.1 Å². The van der Waals surface area contributed by atoms with Gasteiger partial charge < -0.3 is 10.6 Å². The Labute approximate surface area is 97.7 Å². The molecule has 16 heavy (non-hydrogen) atoms. The summed E-state index contributed by atoms with van der Waals surface area (Å²) in [7, 11) is 0. The second-order valence-electron chi connectivity index (χ2n) is 4.98. The van der Waals surface area contributed by atoms with Crippen LogP contribution in [-0.4, -0.2) is 18.1 Å². The molecular weight excluding hydrogens is 198 g/mol. The molecule has 3 heteroatoms. The molecule has 0 spiro atoms. The quantitative estimate of drug-likeness (QED) is 0.799. The molecule has 0 aliphatic heterocycles. The Morgan fingerprint density at radius 1 is 1.38 bits per heavy atom. The van der Waals surface area contributed by atoms with Crippen LogP contribution in [0.15, 0.2) is 18.3 Å². The highest BCUT2D eigenvalue weighted by Gasteiger charge is 2.31. The van der Waals surface area contributed by atoms with Gasteiger partial charge in [0, 0.05) is 31.0 Å². The monoisotopic (exact) mass is 219 g/mol. The van der Waals surface area contributed by atoms with Crippen molar-refractivity contribution >= 4 is 11.5 Å². The molecule has 88 valence electrons. The minimum atomic E-state index is 0.515. The Kier molecular flexibility index (Phi) is 3.32. The van der Waals surface area contributed by atoms with Crippen molar-refractivity contribution in [2.45, 2.75) is 33.1 Å². The van der Waals surface area contributed by atoms with E-state index in [4.69, 9.17) is 0 Å². The summed E-state index contributed by atoms with van der Waals surface area (Å²) in [4.78, 5) is 4.26. The van der Waals surface area contributed by atoms with Crippen molar-refractivity contribution in [3.8, 4) is 0 Å². The molecule has 1 saturated carbocycles. The number of nitrogens with one attached hydrogen (secondary N) is 2. The van der Waals surface area contributed by atoms with Gasteiger partial charge in [0.15, 0.2) is 0 Å². The molecule has 1 heterocycles. The van der Waals surface area contributed by atoms with Gasteiger partial charge in [0.25, 0.3) is 0 Å². The Hall–Kier alpha value is -1.25. The third-order valence-corrected chi connectivity index (χ3v) is 3.40. The Morgan fingerprint density at radius 2 is 2.19 bits per heavy atom. The van der Waals surface area contributed by atoms with Crippen LogP contribution in [0.25, 0.3) is 0 Å². The summed E-state index contributed by atoms with van der Waals surface area (Å²) in [6.07, 6.45) is 5.94. The molecule has 0 aromatic carbocycles. The van der Waals surface area contributed by atoms with Gasteiger partial charge >= 0.3 is 0 Å². The number of nitrogens with zero attached hydrogens (tertiary/aromatic N) is 1. The molecule has 2 N–H and O–H groups in total. The van der Waals surface area contributed by atoms with E-state index in [0.717, 1.165) is 18.9 Å². The largest absolute Gasteiger partial charge is 0.384 e. The van der Waals surface area contributed by atoms with Crippen LogP contribution < -0.4 is 10.6 Å². The molecule has 1 fully saturated rings. The van der Waals surface area contributed by atoms with Crippen molar-refractivity contribution in [3.63, 3.8) is 0 Å². The predicted molar refractivity (Wildman–Crippen MR) is 68.8 cm³/mol. The first kappa shape index (κ1) is 11.2. The lowest BCUT2D eigenvalue weighted by molar-refractivity contribution is 0.180. The summed E-state index contributed by atoms with van der Waals surface area (Å²) in [5.41, 5.74) is 1.68. The Bertz CT molecular complexity index is 345. The molecule has 1 aromatic rings. The summed E-state index contributed by atoms with van der Waals surface area (Å²) in [6.45, 7) is 6.42. The molecule has 1 aliphatic carbocycles. The van der Waals surface area contributed by atoms with E-state index < -0.39 is 0 Å². The molecule has 0 amide bonds. The van der Waals surface area contributed by atoms with E-state index in [1.54, 1.807) is 0 Å². The van der Waals surface area contributed by atoms with E-state index in [1.807, 2.05) is 12.3 Å². The maximum Gasteiger partial charge on any atom is 0.127 e. The van der Waals surface area contributed by atoms with Gasteiger partial charge in [-0.25, -0.2) is 4.98 Å². The average Bonchev–Trinajstić information content (AvgIpc) is 2.25. The van der Waals surface area contributed by atoms with Crippen molar-refractivity contribution in [2.24, 2.45) is 5.41 Å². The van der Waals surface area contributed by atoms with E-state index in [9.17, 15) is 0 Å². The zero-order chi connectivity index (χ0) is 11.4. The zero-order valence-corrected chi connectivity index (χ0v) is 10.2. The number of rotatable bonds is 5. The van der Waals surface area contributed by atoms with Gasteiger partial charge in [0.05, 0.1) is 0 Å². The van der Waals surface area contributed by atoms with Gasteiger partial charge in [-0.3, -0.25) is 0 Å². The second-order valence-corrected chi connectivity index (χ2v) is 4.98. The first-order valence-corrected chi connectivity index (χ1v) is 6.16. The van der Waals surface area contributed by atoms with Crippen LogP contribution >= 0.6 is 0 Å². The zero-order valence-electron chi connectivity index (χ0n) is 10.2. The first-order valence-electron chi connectivity index (χ1n) is 6.16. The summed E-state index contributed by atoms with van der Waals surface area (Å²) in [5.74, 6) is 0.950. The molecule has 0 radical (unpaired) electrons. The molecule has 0 unspecified atom stereocenters. The summed E-state index contributed by atoms with van der Waals surface area (Å²) in [5, 5.41) is 6.73. The van der Waals surface area contributed by atoms with Crippen LogP contribution in [-0.2, 0) is 0 Å². The minimum absolute atomic E-state index is 0.515. The second kappa shape index (κ2) is 4.73. The van der Waals surface area contributed by atoms with Gasteiger partial charge in [-0.15, -0.1) is 0 Å². The van der Waals surface area contributed by atoms with Gasteiger partial charge in [0.2, 0.25) is 0 Å². The molecule has 3 nitrogen and oxygen atoms in total. The highest BCUT2D eigenvalue weighted by Crippen LogP contribution is 2.40. The minimum Gasteiger partial charge on any atom is -0.384 e. The molecule has 1 aromatic heterocycles. The van der Waals surface area contributed by atoms with Crippen molar-refractivity contribution in [2.75, 3.05) is 23.7 Å². The molecule has 1 aliphatic rings. The van der Waals surface area contributed by atoms with Crippen molar-refractivity contribution in [3.05, 3.63) is 18.3 Å². The van der Waals surface area contributed by atoms with Gasteiger partial charge in [-0.2, -0.15) is 0 Å². The Balaban J connectivity index is 1.90. The topological polar surface area (TPSA) is 37.0 Å². The fourth-order valence-electron chi connectivity index (χ4n) is 2.09. The first-order chi connectivity index (χ1) is 7.72. The van der Waals surface area contributed by atoms with Crippen molar-refractivity contribution in [1.82, 2.24) is 4.98 Å². The van der Waals surface area contributed by atoms with Crippen molar-refractivity contribution in [1.29, 1.82) is 0 Å². The SMILES string of the molecule is CCNc1cc(NCC2(C)CCC2)ccn1.